The van der Waals surface area contributed by atoms with E-state index >= 15 is 0 Å². The molecule has 0 spiro atoms. The smallest absolute Gasteiger partial charge is 0.356 e. The molecule has 0 fully saturated rings. The third-order valence-electron chi connectivity index (χ3n) is 1.31. The summed E-state index contributed by atoms with van der Waals surface area (Å²) < 4.78 is 0. The lowest BCUT2D eigenvalue weighted by Gasteiger charge is -2.03. The molecule has 72 valence electrons. The molecule has 2 N–H and O–H groups in total. The van der Waals surface area contributed by atoms with Crippen molar-refractivity contribution in [1.82, 2.24) is 9.97 Å². The van der Waals surface area contributed by atoms with Gasteiger partial charge in [0.15, 0.2) is 16.7 Å². The van der Waals surface area contributed by atoms with Crippen molar-refractivity contribution in [3.05, 3.63) is 17.0 Å². The number of halogens is 1. The van der Waals surface area contributed by atoms with Gasteiger partial charge in [-0.2, -0.15) is 0 Å². The van der Waals surface area contributed by atoms with Gasteiger partial charge in [-0.05, 0) is 0 Å². The van der Waals surface area contributed by atoms with Crippen LogP contribution in [-0.2, 0) is 0 Å². The number of aromatic nitrogens is 2. The Balaban J connectivity index is 2.91. The zero-order valence-corrected chi connectivity index (χ0v) is 7.75. The van der Waals surface area contributed by atoms with Gasteiger partial charge in [0.2, 0.25) is 0 Å². The normalized spacial score (nSPS) is 9.14. The van der Waals surface area contributed by atoms with Crippen LogP contribution in [0, 0.1) is 12.3 Å². The molecule has 0 radical (unpaired) electrons. The summed E-state index contributed by atoms with van der Waals surface area (Å²) in [5.41, 5.74) is -0.207. The van der Waals surface area contributed by atoms with E-state index in [4.69, 9.17) is 23.1 Å². The average molecular weight is 212 g/mol. The van der Waals surface area contributed by atoms with Crippen LogP contribution in [0.2, 0.25) is 5.15 Å². The molecule has 0 atom stereocenters. The van der Waals surface area contributed by atoms with Crippen LogP contribution < -0.4 is 5.32 Å². The Hall–Kier alpha value is -1.80. The fourth-order valence-electron chi connectivity index (χ4n) is 0.723. The van der Waals surface area contributed by atoms with Crippen molar-refractivity contribution in [3.63, 3.8) is 0 Å². The second kappa shape index (κ2) is 4.44. The third kappa shape index (κ3) is 2.34. The Morgan fingerprint density at radius 2 is 2.50 bits per heavy atom. The first-order chi connectivity index (χ1) is 6.65. The molecule has 0 amide bonds. The van der Waals surface area contributed by atoms with Crippen molar-refractivity contribution in [1.29, 1.82) is 0 Å². The molecule has 1 aromatic heterocycles. The van der Waals surface area contributed by atoms with E-state index in [1.165, 1.54) is 0 Å². The highest BCUT2D eigenvalue weighted by atomic mass is 35.5. The molecular formula is C8H6ClN3O2. The molecule has 0 aliphatic heterocycles. The van der Waals surface area contributed by atoms with Crippen molar-refractivity contribution < 1.29 is 9.90 Å². The van der Waals surface area contributed by atoms with E-state index in [0.29, 0.717) is 0 Å². The Bertz CT molecular complexity index is 400. The third-order valence-corrected chi connectivity index (χ3v) is 1.57. The number of carboxylic acid groups (broad SMARTS) is 1. The predicted molar refractivity (Wildman–Crippen MR) is 51.3 cm³/mol. The molecule has 0 aliphatic carbocycles. The van der Waals surface area contributed by atoms with Gasteiger partial charge in [0.05, 0.1) is 12.7 Å². The zero-order chi connectivity index (χ0) is 10.6. The van der Waals surface area contributed by atoms with E-state index < -0.39 is 5.97 Å². The summed E-state index contributed by atoms with van der Waals surface area (Å²) in [6.45, 7) is 0.251. The first-order valence-electron chi connectivity index (χ1n) is 3.58. The minimum atomic E-state index is -1.18. The van der Waals surface area contributed by atoms with Crippen LogP contribution in [0.5, 0.6) is 0 Å². The second-order valence-electron chi connectivity index (χ2n) is 2.26. The molecule has 0 aromatic carbocycles. The highest BCUT2D eigenvalue weighted by molar-refractivity contribution is 6.31. The van der Waals surface area contributed by atoms with Crippen molar-refractivity contribution in [3.8, 4) is 12.3 Å². The fourth-order valence-corrected chi connectivity index (χ4v) is 0.930. The summed E-state index contributed by atoms with van der Waals surface area (Å²) in [7, 11) is 0. The Morgan fingerprint density at radius 3 is 3.00 bits per heavy atom. The number of terminal acetylenes is 1. The van der Waals surface area contributed by atoms with Crippen LogP contribution in [0.1, 0.15) is 10.5 Å². The van der Waals surface area contributed by atoms with Gasteiger partial charge in [0.1, 0.15) is 0 Å². The van der Waals surface area contributed by atoms with Crippen LogP contribution in [0.25, 0.3) is 0 Å². The second-order valence-corrected chi connectivity index (χ2v) is 2.62. The molecule has 14 heavy (non-hydrogen) atoms. The first kappa shape index (κ1) is 10.3. The largest absolute Gasteiger partial charge is 0.476 e. The SMILES string of the molecule is C#CCNc1ncc(C(=O)O)nc1Cl. The number of rotatable bonds is 3. The van der Waals surface area contributed by atoms with Gasteiger partial charge in [-0.15, -0.1) is 6.42 Å². The van der Waals surface area contributed by atoms with Crippen LogP contribution in [0.15, 0.2) is 6.20 Å². The number of hydrogen-bond donors (Lipinski definition) is 2. The lowest BCUT2D eigenvalue weighted by molar-refractivity contribution is 0.0690. The summed E-state index contributed by atoms with van der Waals surface area (Å²) in [6.07, 6.45) is 6.11. The Kier molecular flexibility index (Phi) is 3.26. The van der Waals surface area contributed by atoms with Crippen LogP contribution in [0.4, 0.5) is 5.82 Å². The summed E-state index contributed by atoms with van der Waals surface area (Å²) in [5, 5.41) is 11.2. The van der Waals surface area contributed by atoms with Gasteiger partial charge in [0.25, 0.3) is 0 Å². The summed E-state index contributed by atoms with van der Waals surface area (Å²) in [6, 6.07) is 0. The Labute approximate surface area is 85.1 Å². The van der Waals surface area contributed by atoms with Crippen molar-refractivity contribution >= 4 is 23.4 Å². The van der Waals surface area contributed by atoms with E-state index in [1.807, 2.05) is 0 Å². The lowest BCUT2D eigenvalue weighted by atomic mass is 10.4. The van der Waals surface area contributed by atoms with Crippen molar-refractivity contribution in [2.45, 2.75) is 0 Å². The van der Waals surface area contributed by atoms with E-state index in [-0.39, 0.29) is 23.2 Å². The van der Waals surface area contributed by atoms with Gasteiger partial charge < -0.3 is 10.4 Å². The molecule has 0 saturated carbocycles. The number of aromatic carboxylic acids is 1. The van der Waals surface area contributed by atoms with E-state index in [2.05, 4.69) is 21.2 Å². The standard InChI is InChI=1S/C8H6ClN3O2/c1-2-3-10-7-6(9)12-5(4-11-7)8(13)14/h1,4H,3H2,(H,10,11)(H,13,14). The molecule has 6 heteroatoms. The minimum absolute atomic E-state index is 0.0137. The van der Waals surface area contributed by atoms with Crippen LogP contribution in [0.3, 0.4) is 0 Å². The van der Waals surface area contributed by atoms with Gasteiger partial charge in [0, 0.05) is 0 Å². The van der Waals surface area contributed by atoms with Gasteiger partial charge >= 0.3 is 5.97 Å². The van der Waals surface area contributed by atoms with Crippen LogP contribution >= 0.6 is 11.6 Å². The number of nitrogens with zero attached hydrogens (tertiary/aromatic N) is 2. The fraction of sp³-hybridized carbons (Fsp3) is 0.125. The zero-order valence-electron chi connectivity index (χ0n) is 6.99. The van der Waals surface area contributed by atoms with E-state index in [9.17, 15) is 4.79 Å². The van der Waals surface area contributed by atoms with E-state index in [0.717, 1.165) is 6.20 Å². The molecular weight excluding hydrogens is 206 g/mol. The summed E-state index contributed by atoms with van der Waals surface area (Å²) in [4.78, 5) is 17.8. The first-order valence-corrected chi connectivity index (χ1v) is 3.96. The van der Waals surface area contributed by atoms with Gasteiger partial charge in [-0.25, -0.2) is 14.8 Å². The summed E-state index contributed by atoms with van der Waals surface area (Å²) in [5.74, 6) is 1.42. The average Bonchev–Trinajstić information content (AvgIpc) is 2.15. The van der Waals surface area contributed by atoms with Gasteiger partial charge in [-0.3, -0.25) is 0 Å². The van der Waals surface area contributed by atoms with Crippen molar-refractivity contribution in [2.24, 2.45) is 0 Å². The molecule has 0 aliphatic rings. The molecule has 0 bridgehead atoms. The number of hydrogen-bond acceptors (Lipinski definition) is 4. The van der Waals surface area contributed by atoms with E-state index in [1.54, 1.807) is 0 Å². The monoisotopic (exact) mass is 211 g/mol. The highest BCUT2D eigenvalue weighted by Crippen LogP contribution is 2.15. The lowest BCUT2D eigenvalue weighted by Crippen LogP contribution is -2.06. The molecule has 1 heterocycles. The number of anilines is 1. The number of nitrogens with one attached hydrogen (secondary N) is 1. The molecule has 5 nitrogen and oxygen atoms in total. The quantitative estimate of drug-likeness (QED) is 0.726. The molecule has 0 unspecified atom stereocenters. The molecule has 0 saturated heterocycles. The maximum atomic E-state index is 10.5. The predicted octanol–water partition coefficient (Wildman–Crippen LogP) is 0.873. The maximum Gasteiger partial charge on any atom is 0.356 e. The molecule has 1 aromatic rings. The Morgan fingerprint density at radius 1 is 1.79 bits per heavy atom. The highest BCUT2D eigenvalue weighted by Gasteiger charge is 2.09. The maximum absolute atomic E-state index is 10.5. The van der Waals surface area contributed by atoms with Crippen LogP contribution in [-0.4, -0.2) is 27.6 Å². The topological polar surface area (TPSA) is 75.1 Å². The number of carboxylic acids is 1. The number of carbonyl (C=O) groups is 1. The minimum Gasteiger partial charge on any atom is -0.476 e. The summed E-state index contributed by atoms with van der Waals surface area (Å²) >= 11 is 5.64. The van der Waals surface area contributed by atoms with Crippen molar-refractivity contribution in [2.75, 3.05) is 11.9 Å². The van der Waals surface area contributed by atoms with Gasteiger partial charge in [-0.1, -0.05) is 17.5 Å². The molecule has 1 rings (SSSR count).